The van der Waals surface area contributed by atoms with Gasteiger partial charge in [0.25, 0.3) is 0 Å². The SMILES string of the molecule is [CH2-]c1cccc(Cl)c1F.[Cl][Zn+]. The van der Waals surface area contributed by atoms with Crippen molar-refractivity contribution in [3.63, 3.8) is 0 Å². The first kappa shape index (κ1) is 11.2. The van der Waals surface area contributed by atoms with Gasteiger partial charge in [0.1, 0.15) is 0 Å². The van der Waals surface area contributed by atoms with E-state index in [0.29, 0.717) is 5.56 Å². The maximum atomic E-state index is 12.5. The second-order valence-corrected chi connectivity index (χ2v) is 2.12. The summed E-state index contributed by atoms with van der Waals surface area (Å²) < 4.78 is 12.5. The quantitative estimate of drug-likeness (QED) is 0.485. The molecule has 0 saturated carbocycles. The van der Waals surface area contributed by atoms with E-state index in [1.165, 1.54) is 6.07 Å². The van der Waals surface area contributed by atoms with Gasteiger partial charge in [0.05, 0.1) is 0 Å². The summed E-state index contributed by atoms with van der Waals surface area (Å²) in [6.07, 6.45) is 0. The first-order chi connectivity index (χ1) is 5.22. The molecule has 0 atom stereocenters. The summed E-state index contributed by atoms with van der Waals surface area (Å²) in [5.41, 5.74) is 0.336. The van der Waals surface area contributed by atoms with Crippen molar-refractivity contribution >= 4 is 21.3 Å². The minimum absolute atomic E-state index is 0.127. The van der Waals surface area contributed by atoms with E-state index in [9.17, 15) is 4.39 Å². The number of hydrogen-bond donors (Lipinski definition) is 0. The molecule has 0 spiro atoms. The Morgan fingerprint density at radius 1 is 1.36 bits per heavy atom. The van der Waals surface area contributed by atoms with Crippen LogP contribution < -0.4 is 0 Å². The molecule has 0 aliphatic rings. The van der Waals surface area contributed by atoms with Crippen molar-refractivity contribution in [2.75, 3.05) is 0 Å². The molecule has 0 N–H and O–H groups in total. The number of rotatable bonds is 0. The summed E-state index contributed by atoms with van der Waals surface area (Å²) in [6, 6.07) is 4.72. The summed E-state index contributed by atoms with van der Waals surface area (Å²) in [4.78, 5) is 0. The molecule has 0 fully saturated rings. The van der Waals surface area contributed by atoms with E-state index in [-0.39, 0.29) is 5.02 Å². The van der Waals surface area contributed by atoms with Crippen LogP contribution >= 0.6 is 21.3 Å². The van der Waals surface area contributed by atoms with Crippen LogP contribution in [0.15, 0.2) is 18.2 Å². The first-order valence-corrected chi connectivity index (χ1v) is 7.02. The molecule has 0 saturated heterocycles. The Kier molecular flexibility index (Phi) is 5.94. The molecule has 0 radical (unpaired) electrons. The van der Waals surface area contributed by atoms with Gasteiger partial charge in [-0.15, -0.1) is 6.07 Å². The van der Waals surface area contributed by atoms with Gasteiger partial charge in [0.2, 0.25) is 0 Å². The van der Waals surface area contributed by atoms with E-state index in [2.05, 4.69) is 6.92 Å². The molecule has 1 aromatic rings. The molecule has 0 heterocycles. The summed E-state index contributed by atoms with van der Waals surface area (Å²) in [6.45, 7) is 3.42. The molecule has 1 rings (SSSR count). The van der Waals surface area contributed by atoms with E-state index in [4.69, 9.17) is 21.3 Å². The van der Waals surface area contributed by atoms with Crippen LogP contribution in [0.2, 0.25) is 5.02 Å². The fourth-order valence-corrected chi connectivity index (χ4v) is 0.743. The zero-order valence-electron chi connectivity index (χ0n) is 5.78. The van der Waals surface area contributed by atoms with Gasteiger partial charge in [-0.1, -0.05) is 17.7 Å². The predicted octanol–water partition coefficient (Wildman–Crippen LogP) is 3.35. The number of benzene rings is 1. The first-order valence-electron chi connectivity index (χ1n) is 2.74. The van der Waals surface area contributed by atoms with Crippen molar-refractivity contribution in [1.82, 2.24) is 0 Å². The Labute approximate surface area is 84.4 Å². The molecular weight excluding hydrogens is 239 g/mol. The third-order valence-electron chi connectivity index (χ3n) is 1.03. The second-order valence-electron chi connectivity index (χ2n) is 1.71. The van der Waals surface area contributed by atoms with Crippen LogP contribution in [0.3, 0.4) is 0 Å². The molecule has 56 valence electrons. The summed E-state index contributed by atoms with van der Waals surface area (Å²) in [5, 5.41) is 0.127. The Morgan fingerprint density at radius 3 is 2.27 bits per heavy atom. The van der Waals surface area contributed by atoms with Gasteiger partial charge in [-0.3, -0.25) is 4.39 Å². The van der Waals surface area contributed by atoms with E-state index in [0.717, 1.165) is 17.3 Å². The Bertz CT molecular complexity index is 207. The van der Waals surface area contributed by atoms with Crippen molar-refractivity contribution in [1.29, 1.82) is 0 Å². The monoisotopic (exact) mass is 242 g/mol. The standard InChI is InChI=1S/C7H5ClF.ClH.Zn/c1-5-3-2-4-6(8)7(5)9;;/h2-4H,1H2;1H;/q-1;;+2/p-1. The van der Waals surface area contributed by atoms with Gasteiger partial charge in [0, 0.05) is 10.8 Å². The van der Waals surface area contributed by atoms with Gasteiger partial charge >= 0.3 is 27.0 Å². The van der Waals surface area contributed by atoms with Gasteiger partial charge in [-0.05, 0) is 0 Å². The molecular formula is C7H5Cl2FZn. The topological polar surface area (TPSA) is 0 Å². The van der Waals surface area contributed by atoms with Crippen molar-refractivity contribution < 1.29 is 21.7 Å². The van der Waals surface area contributed by atoms with Crippen LogP contribution in [0.25, 0.3) is 0 Å². The fraction of sp³-hybridized carbons (Fsp3) is 0. The molecule has 0 amide bonds. The van der Waals surface area contributed by atoms with Crippen LogP contribution in [0, 0.1) is 12.7 Å². The molecule has 0 bridgehead atoms. The Hall–Kier alpha value is 0.223. The summed E-state index contributed by atoms with van der Waals surface area (Å²) in [7, 11) is 4.76. The Balaban J connectivity index is 0.000000461. The van der Waals surface area contributed by atoms with E-state index < -0.39 is 5.82 Å². The third-order valence-corrected chi connectivity index (χ3v) is 1.32. The molecule has 0 aliphatic carbocycles. The molecule has 0 nitrogen and oxygen atoms in total. The van der Waals surface area contributed by atoms with Crippen molar-refractivity contribution in [2.24, 2.45) is 0 Å². The second kappa shape index (κ2) is 5.82. The van der Waals surface area contributed by atoms with Crippen LogP contribution in [-0.4, -0.2) is 0 Å². The molecule has 1 aromatic carbocycles. The van der Waals surface area contributed by atoms with Gasteiger partial charge in [-0.25, -0.2) is 0 Å². The molecule has 4 heteroatoms. The fourth-order valence-electron chi connectivity index (χ4n) is 0.548. The summed E-state index contributed by atoms with van der Waals surface area (Å²) >= 11 is 6.25. The third kappa shape index (κ3) is 3.42. The molecule has 0 aliphatic heterocycles. The number of halogens is 3. The van der Waals surface area contributed by atoms with Crippen molar-refractivity contribution in [2.45, 2.75) is 0 Å². The molecule has 11 heavy (non-hydrogen) atoms. The van der Waals surface area contributed by atoms with Crippen LogP contribution in [-0.2, 0) is 17.3 Å². The maximum absolute atomic E-state index is 12.5. The normalized spacial score (nSPS) is 8.45. The van der Waals surface area contributed by atoms with E-state index in [1.807, 2.05) is 0 Å². The van der Waals surface area contributed by atoms with Crippen LogP contribution in [0.1, 0.15) is 5.56 Å². The minimum atomic E-state index is -0.431. The zero-order chi connectivity index (χ0) is 8.85. The van der Waals surface area contributed by atoms with Crippen molar-refractivity contribution in [3.05, 3.63) is 41.5 Å². The van der Waals surface area contributed by atoms with Crippen LogP contribution in [0.5, 0.6) is 0 Å². The van der Waals surface area contributed by atoms with Crippen LogP contribution in [0.4, 0.5) is 4.39 Å². The summed E-state index contributed by atoms with van der Waals surface area (Å²) in [5.74, 6) is -0.431. The molecule has 0 unspecified atom stereocenters. The van der Waals surface area contributed by atoms with Crippen molar-refractivity contribution in [3.8, 4) is 0 Å². The predicted molar refractivity (Wildman–Crippen MR) is 41.7 cm³/mol. The van der Waals surface area contributed by atoms with Gasteiger partial charge < -0.3 is 0 Å². The average molecular weight is 244 g/mol. The zero-order valence-corrected chi connectivity index (χ0v) is 10.3. The Morgan fingerprint density at radius 2 is 1.91 bits per heavy atom. The van der Waals surface area contributed by atoms with Gasteiger partial charge in [-0.2, -0.15) is 18.6 Å². The number of hydrogen-bond acceptors (Lipinski definition) is 0. The van der Waals surface area contributed by atoms with E-state index >= 15 is 0 Å². The van der Waals surface area contributed by atoms with Gasteiger partial charge in [0.15, 0.2) is 0 Å². The average Bonchev–Trinajstić information content (AvgIpc) is 2.04. The molecule has 0 aromatic heterocycles. The van der Waals surface area contributed by atoms with E-state index in [1.54, 1.807) is 12.1 Å².